The summed E-state index contributed by atoms with van der Waals surface area (Å²) in [4.78, 5) is 36.9. The van der Waals surface area contributed by atoms with E-state index in [1.807, 2.05) is 30.3 Å². The van der Waals surface area contributed by atoms with E-state index in [1.54, 1.807) is 6.20 Å². The summed E-state index contributed by atoms with van der Waals surface area (Å²) < 4.78 is 0. The van der Waals surface area contributed by atoms with Gasteiger partial charge in [-0.3, -0.25) is 14.6 Å². The van der Waals surface area contributed by atoms with Crippen LogP contribution in [0, 0.1) is 0 Å². The van der Waals surface area contributed by atoms with Crippen LogP contribution in [0.15, 0.2) is 53.6 Å². The number of para-hydroxylation sites is 1. The number of ketones is 1. The Morgan fingerprint density at radius 1 is 0.880 bits per heavy atom. The molecule has 3 heterocycles. The van der Waals surface area contributed by atoms with Crippen LogP contribution < -0.4 is 5.43 Å². The molecule has 7 heteroatoms. The van der Waals surface area contributed by atoms with Gasteiger partial charge >= 0.3 is 0 Å². The lowest BCUT2D eigenvalue weighted by Crippen LogP contribution is -2.22. The van der Waals surface area contributed by atoms with Gasteiger partial charge in [-0.15, -0.1) is 48.0 Å². The molecule has 124 valence electrons. The second-order valence-corrected chi connectivity index (χ2v) is 5.48. The highest BCUT2D eigenvalue weighted by Gasteiger charge is 2.30. The Balaban J connectivity index is 0.000000911. The summed E-state index contributed by atoms with van der Waals surface area (Å²) >= 11 is 0. The maximum atomic E-state index is 12.8. The molecule has 5 nitrogen and oxygen atoms in total. The number of carbonyl (C=O) groups excluding carboxylic acids is 1. The fourth-order valence-corrected chi connectivity index (χ4v) is 3.27. The Morgan fingerprint density at radius 2 is 1.68 bits per heavy atom. The Kier molecular flexibility index (Phi) is 4.62. The van der Waals surface area contributed by atoms with E-state index in [0.717, 1.165) is 16.3 Å². The topological polar surface area (TPSA) is 75.7 Å². The van der Waals surface area contributed by atoms with E-state index < -0.39 is 0 Å². The average Bonchev–Trinajstić information content (AvgIpc) is 2.59. The van der Waals surface area contributed by atoms with Crippen LogP contribution in [-0.2, 0) is 0 Å². The number of hydrogen-bond donors (Lipinski definition) is 1. The third-order valence-electron chi connectivity index (χ3n) is 4.25. The monoisotopic (exact) mass is 555 g/mol. The molecule has 0 spiro atoms. The highest BCUT2D eigenvalue weighted by molar-refractivity contribution is 14.0. The predicted molar refractivity (Wildman–Crippen MR) is 117 cm³/mol. The molecule has 1 aliphatic carbocycles. The molecule has 0 amide bonds. The van der Waals surface area contributed by atoms with Crippen molar-refractivity contribution in [2.45, 2.75) is 0 Å². The van der Waals surface area contributed by atoms with E-state index in [4.69, 9.17) is 0 Å². The lowest BCUT2D eigenvalue weighted by molar-refractivity contribution is 0.103. The second kappa shape index (κ2) is 6.45. The Bertz CT molecular complexity index is 1220. The first-order chi connectivity index (χ1) is 11.3. The highest BCUT2D eigenvalue weighted by atomic mass is 127. The zero-order valence-corrected chi connectivity index (χ0v) is 17.3. The van der Waals surface area contributed by atoms with Crippen molar-refractivity contribution in [2.24, 2.45) is 0 Å². The van der Waals surface area contributed by atoms with Gasteiger partial charge in [-0.25, -0.2) is 4.98 Å². The van der Waals surface area contributed by atoms with Crippen molar-refractivity contribution in [3.63, 3.8) is 0 Å². The van der Waals surface area contributed by atoms with E-state index in [1.165, 1.54) is 12.3 Å². The molecule has 4 aromatic rings. The van der Waals surface area contributed by atoms with Crippen LogP contribution in [0.25, 0.3) is 33.1 Å². The summed E-state index contributed by atoms with van der Waals surface area (Å²) in [7, 11) is 0. The van der Waals surface area contributed by atoms with Gasteiger partial charge in [-0.1, -0.05) is 18.2 Å². The van der Waals surface area contributed by atoms with E-state index in [9.17, 15) is 9.59 Å². The predicted octanol–water partition coefficient (Wildman–Crippen LogP) is 3.92. The molecule has 0 radical (unpaired) electrons. The van der Waals surface area contributed by atoms with Crippen LogP contribution >= 0.6 is 48.0 Å². The van der Waals surface area contributed by atoms with Gasteiger partial charge in [-0.2, -0.15) is 0 Å². The molecule has 0 aliphatic heterocycles. The number of rotatable bonds is 0. The summed E-state index contributed by atoms with van der Waals surface area (Å²) in [5.41, 5.74) is 1.90. The first kappa shape index (κ1) is 17.9. The molecule has 5 rings (SSSR count). The molecule has 0 fully saturated rings. The number of carbonyl (C=O) groups is 1. The summed E-state index contributed by atoms with van der Waals surface area (Å²) in [5, 5.41) is 2.58. The van der Waals surface area contributed by atoms with Crippen LogP contribution in [0.5, 0.6) is 0 Å². The standard InChI is InChI=1S/C18H9N3O2.2HI/c22-12-6-8-20-16-14(12)18(23)17-13-10(5-7-19-15(13)16)9-3-1-2-4-11(9)21-17;;/h1-8H,(H,20,22);2*1H. The lowest BCUT2D eigenvalue weighted by atomic mass is 9.90. The first-order valence-electron chi connectivity index (χ1n) is 7.20. The Morgan fingerprint density at radius 3 is 2.52 bits per heavy atom. The molecular formula is C18H11I2N3O2. The van der Waals surface area contributed by atoms with Crippen LogP contribution in [-0.4, -0.2) is 20.7 Å². The number of benzene rings is 1. The Labute approximate surface area is 175 Å². The first-order valence-corrected chi connectivity index (χ1v) is 7.20. The molecule has 0 saturated carbocycles. The van der Waals surface area contributed by atoms with Crippen LogP contribution in [0.4, 0.5) is 0 Å². The molecule has 1 aromatic carbocycles. The number of hydrogen-bond acceptors (Lipinski definition) is 4. The van der Waals surface area contributed by atoms with Gasteiger partial charge < -0.3 is 4.98 Å². The number of aromatic nitrogens is 3. The summed E-state index contributed by atoms with van der Waals surface area (Å²) in [6, 6.07) is 10.9. The molecule has 0 bridgehead atoms. The summed E-state index contributed by atoms with van der Waals surface area (Å²) in [5.74, 6) is -0.349. The molecule has 0 saturated heterocycles. The largest absolute Gasteiger partial charge is 0.359 e. The fraction of sp³-hybridized carbons (Fsp3) is 0. The molecule has 1 aliphatic rings. The number of H-pyrrole nitrogens is 1. The van der Waals surface area contributed by atoms with E-state index in [2.05, 4.69) is 15.0 Å². The van der Waals surface area contributed by atoms with Gasteiger partial charge in [-0.05, 0) is 17.5 Å². The molecule has 25 heavy (non-hydrogen) atoms. The van der Waals surface area contributed by atoms with Gasteiger partial charge in [0.1, 0.15) is 5.69 Å². The Hall–Kier alpha value is -1.88. The fourth-order valence-electron chi connectivity index (χ4n) is 3.27. The van der Waals surface area contributed by atoms with Gasteiger partial charge in [0.2, 0.25) is 5.78 Å². The zero-order chi connectivity index (χ0) is 15.6. The summed E-state index contributed by atoms with van der Waals surface area (Å²) in [6.07, 6.45) is 3.23. The lowest BCUT2D eigenvalue weighted by Gasteiger charge is -2.18. The van der Waals surface area contributed by atoms with Gasteiger partial charge in [0, 0.05) is 29.2 Å². The van der Waals surface area contributed by atoms with Crippen molar-refractivity contribution in [1.82, 2.24) is 15.0 Å². The number of pyridine rings is 3. The third kappa shape index (κ3) is 2.40. The van der Waals surface area contributed by atoms with Crippen molar-refractivity contribution < 1.29 is 4.79 Å². The normalized spacial score (nSPS) is 11.6. The molecule has 0 atom stereocenters. The van der Waals surface area contributed by atoms with Crippen molar-refractivity contribution in [2.75, 3.05) is 0 Å². The maximum Gasteiger partial charge on any atom is 0.218 e. The number of nitrogens with zero attached hydrogens (tertiary/aromatic N) is 2. The molecule has 1 N–H and O–H groups in total. The number of nitrogens with one attached hydrogen (secondary N) is 1. The van der Waals surface area contributed by atoms with E-state index >= 15 is 0 Å². The third-order valence-corrected chi connectivity index (χ3v) is 4.25. The molecular weight excluding hydrogens is 544 g/mol. The average molecular weight is 555 g/mol. The van der Waals surface area contributed by atoms with Crippen LogP contribution in [0.3, 0.4) is 0 Å². The number of halogens is 2. The van der Waals surface area contributed by atoms with Gasteiger partial charge in [0.25, 0.3) is 0 Å². The van der Waals surface area contributed by atoms with Crippen molar-refractivity contribution in [1.29, 1.82) is 0 Å². The van der Waals surface area contributed by atoms with Crippen molar-refractivity contribution in [3.05, 3.63) is 70.3 Å². The second-order valence-electron chi connectivity index (χ2n) is 5.48. The van der Waals surface area contributed by atoms with Gasteiger partial charge in [0.05, 0.1) is 22.5 Å². The van der Waals surface area contributed by atoms with Crippen molar-refractivity contribution in [3.8, 4) is 11.4 Å². The maximum absolute atomic E-state index is 12.8. The summed E-state index contributed by atoms with van der Waals surface area (Å²) in [6.45, 7) is 0. The molecule has 3 aromatic heterocycles. The van der Waals surface area contributed by atoms with E-state index in [0.29, 0.717) is 22.5 Å². The minimum absolute atomic E-state index is 0. The van der Waals surface area contributed by atoms with E-state index in [-0.39, 0.29) is 64.7 Å². The SMILES string of the molecule is I.I.O=C1c2c([nH]ccc2=O)-c2nccc3c2c1nc1ccccc13. The zero-order valence-electron chi connectivity index (χ0n) is 12.6. The van der Waals surface area contributed by atoms with Crippen LogP contribution in [0.2, 0.25) is 0 Å². The van der Waals surface area contributed by atoms with Crippen molar-refractivity contribution >= 4 is 75.4 Å². The minimum Gasteiger partial charge on any atom is -0.359 e. The molecule has 0 unspecified atom stereocenters. The smallest absolute Gasteiger partial charge is 0.218 e. The van der Waals surface area contributed by atoms with Crippen LogP contribution in [0.1, 0.15) is 16.1 Å². The number of fused-ring (bicyclic) bond motifs is 4. The number of aromatic amines is 1. The minimum atomic E-state index is -0.349. The highest BCUT2D eigenvalue weighted by Crippen LogP contribution is 2.37. The van der Waals surface area contributed by atoms with Gasteiger partial charge in [0.15, 0.2) is 5.43 Å². The quantitative estimate of drug-likeness (QED) is 0.233.